The number of benzene rings is 1. The van der Waals surface area contributed by atoms with Crippen LogP contribution in [0.15, 0.2) is 41.5 Å². The molecule has 146 valence electrons. The summed E-state index contributed by atoms with van der Waals surface area (Å²) >= 11 is 1.46. The minimum Gasteiger partial charge on any atom is -0.379 e. The lowest BCUT2D eigenvalue weighted by Gasteiger charge is -2.43. The van der Waals surface area contributed by atoms with Gasteiger partial charge in [0.05, 0.1) is 12.8 Å². The van der Waals surface area contributed by atoms with Crippen molar-refractivity contribution < 1.29 is 18.3 Å². The molecular formula is C19H18F2N4O2S. The van der Waals surface area contributed by atoms with Crippen LogP contribution in [0.25, 0.3) is 0 Å². The van der Waals surface area contributed by atoms with E-state index in [1.165, 1.54) is 30.0 Å². The van der Waals surface area contributed by atoms with Crippen molar-refractivity contribution in [2.24, 2.45) is 16.6 Å². The van der Waals surface area contributed by atoms with Crippen molar-refractivity contribution in [2.45, 2.75) is 12.0 Å². The average molecular weight is 404 g/mol. The molecule has 0 spiro atoms. The number of aliphatic imine (C=N–C) groups is 1. The molecule has 2 aromatic rings. The molecule has 2 aliphatic heterocycles. The van der Waals surface area contributed by atoms with Crippen molar-refractivity contribution in [2.75, 3.05) is 24.3 Å². The first kappa shape index (κ1) is 18.8. The van der Waals surface area contributed by atoms with Crippen LogP contribution in [0.1, 0.15) is 22.5 Å². The summed E-state index contributed by atoms with van der Waals surface area (Å²) in [6, 6.07) is 6.74. The summed E-state index contributed by atoms with van der Waals surface area (Å²) in [5.41, 5.74) is 5.82. The minimum absolute atomic E-state index is 0.0562. The highest BCUT2D eigenvalue weighted by molar-refractivity contribution is 8.13. The normalized spacial score (nSPS) is 24.2. The van der Waals surface area contributed by atoms with Gasteiger partial charge in [-0.05, 0) is 36.8 Å². The van der Waals surface area contributed by atoms with Gasteiger partial charge in [0, 0.05) is 29.5 Å². The smallest absolute Gasteiger partial charge is 0.274 e. The molecule has 2 aliphatic rings. The highest BCUT2D eigenvalue weighted by Gasteiger charge is 2.47. The molecule has 6 nitrogen and oxygen atoms in total. The largest absolute Gasteiger partial charge is 0.379 e. The van der Waals surface area contributed by atoms with Crippen molar-refractivity contribution in [3.8, 4) is 0 Å². The summed E-state index contributed by atoms with van der Waals surface area (Å²) in [5, 5.41) is 3.07. The molecule has 0 aliphatic carbocycles. The number of carbonyl (C=O) groups is 1. The van der Waals surface area contributed by atoms with Gasteiger partial charge in [0.25, 0.3) is 5.91 Å². The number of carbonyl (C=O) groups excluding carboxylic acids is 1. The van der Waals surface area contributed by atoms with E-state index in [9.17, 15) is 13.6 Å². The average Bonchev–Trinajstić information content (AvgIpc) is 2.69. The Hall–Kier alpha value is -2.52. The lowest BCUT2D eigenvalue weighted by Crippen LogP contribution is -2.48. The molecule has 1 aromatic carbocycles. The van der Waals surface area contributed by atoms with Gasteiger partial charge in [-0.15, -0.1) is 0 Å². The standard InChI is InChI=1S/C19H18F2N4O2S/c20-12-1-4-16(23-8-12)17(26)24-13-2-3-15(21)14(7-13)19-10-27-6-5-11(19)9-28-18(22)25-19/h1-4,7-8,11H,5-6,9-10H2,(H2,22,25)(H,24,26)/t11-,19-/m0/s1. The van der Waals surface area contributed by atoms with Crippen LogP contribution in [0.2, 0.25) is 0 Å². The zero-order valence-electron chi connectivity index (χ0n) is 14.8. The molecule has 0 radical (unpaired) electrons. The van der Waals surface area contributed by atoms with Gasteiger partial charge in [-0.1, -0.05) is 11.8 Å². The molecule has 28 heavy (non-hydrogen) atoms. The van der Waals surface area contributed by atoms with E-state index in [0.29, 0.717) is 23.0 Å². The second kappa shape index (κ2) is 7.48. The quantitative estimate of drug-likeness (QED) is 0.821. The number of nitrogens with zero attached hydrogens (tertiary/aromatic N) is 2. The maximum Gasteiger partial charge on any atom is 0.274 e. The van der Waals surface area contributed by atoms with Crippen LogP contribution in [0, 0.1) is 17.6 Å². The molecule has 0 bridgehead atoms. The van der Waals surface area contributed by atoms with Crippen LogP contribution in [-0.2, 0) is 10.3 Å². The van der Waals surface area contributed by atoms with E-state index < -0.39 is 23.1 Å². The minimum atomic E-state index is -0.910. The number of amidine groups is 1. The molecule has 0 saturated carbocycles. The van der Waals surface area contributed by atoms with Gasteiger partial charge in [0.2, 0.25) is 0 Å². The highest BCUT2D eigenvalue weighted by Crippen LogP contribution is 2.45. The number of nitrogens with one attached hydrogen (secondary N) is 1. The van der Waals surface area contributed by atoms with Gasteiger partial charge in [-0.2, -0.15) is 0 Å². The fourth-order valence-electron chi connectivity index (χ4n) is 3.57. The molecule has 3 N–H and O–H groups in total. The summed E-state index contributed by atoms with van der Waals surface area (Å²) in [6.07, 6.45) is 1.71. The third-order valence-electron chi connectivity index (χ3n) is 5.00. The van der Waals surface area contributed by atoms with Gasteiger partial charge in [0.1, 0.15) is 22.9 Å². The molecule has 1 saturated heterocycles. The molecule has 1 aromatic heterocycles. The predicted molar refractivity (Wildman–Crippen MR) is 103 cm³/mol. The Kier molecular flexibility index (Phi) is 5.03. The number of amides is 1. The van der Waals surface area contributed by atoms with Crippen LogP contribution in [0.5, 0.6) is 0 Å². The zero-order chi connectivity index (χ0) is 19.7. The first-order valence-corrected chi connectivity index (χ1v) is 9.75. The first-order chi connectivity index (χ1) is 13.5. The Morgan fingerprint density at radius 3 is 2.96 bits per heavy atom. The second-order valence-electron chi connectivity index (χ2n) is 6.73. The maximum atomic E-state index is 14.8. The number of fused-ring (bicyclic) bond motifs is 1. The van der Waals surface area contributed by atoms with E-state index in [4.69, 9.17) is 10.5 Å². The van der Waals surface area contributed by atoms with Crippen LogP contribution in [-0.4, -0.2) is 35.0 Å². The van der Waals surface area contributed by atoms with E-state index >= 15 is 0 Å². The number of hydrogen-bond acceptors (Lipinski definition) is 6. The number of nitrogens with two attached hydrogens (primary N) is 1. The van der Waals surface area contributed by atoms with Gasteiger partial charge < -0.3 is 15.8 Å². The summed E-state index contributed by atoms with van der Waals surface area (Å²) < 4.78 is 33.4. The van der Waals surface area contributed by atoms with Crippen molar-refractivity contribution in [3.63, 3.8) is 0 Å². The fourth-order valence-corrected chi connectivity index (χ4v) is 4.61. The summed E-state index contributed by atoms with van der Waals surface area (Å²) in [4.78, 5) is 20.7. The van der Waals surface area contributed by atoms with E-state index in [1.807, 2.05) is 0 Å². The number of rotatable bonds is 3. The lowest BCUT2D eigenvalue weighted by atomic mass is 9.76. The number of hydrogen-bond donors (Lipinski definition) is 2. The number of halogens is 2. The predicted octanol–water partition coefficient (Wildman–Crippen LogP) is 2.91. The van der Waals surface area contributed by atoms with Crippen LogP contribution in [0.3, 0.4) is 0 Å². The fraction of sp³-hybridized carbons (Fsp3) is 0.316. The van der Waals surface area contributed by atoms with Crippen molar-refractivity contribution >= 4 is 28.5 Å². The van der Waals surface area contributed by atoms with Gasteiger partial charge in [-0.3, -0.25) is 4.79 Å². The number of thioether (sulfide) groups is 1. The molecule has 1 amide bonds. The second-order valence-corrected chi connectivity index (χ2v) is 7.77. The van der Waals surface area contributed by atoms with Crippen LogP contribution < -0.4 is 11.1 Å². The van der Waals surface area contributed by atoms with Crippen molar-refractivity contribution in [3.05, 3.63) is 59.4 Å². The van der Waals surface area contributed by atoms with E-state index in [-0.39, 0.29) is 18.2 Å². The van der Waals surface area contributed by atoms with Gasteiger partial charge in [0.15, 0.2) is 5.17 Å². The van der Waals surface area contributed by atoms with E-state index in [1.54, 1.807) is 6.07 Å². The third kappa shape index (κ3) is 3.47. The van der Waals surface area contributed by atoms with Gasteiger partial charge >= 0.3 is 0 Å². The third-order valence-corrected chi connectivity index (χ3v) is 5.96. The monoisotopic (exact) mass is 404 g/mol. The first-order valence-electron chi connectivity index (χ1n) is 8.77. The Morgan fingerprint density at radius 2 is 2.18 bits per heavy atom. The maximum absolute atomic E-state index is 14.8. The Balaban J connectivity index is 1.68. The van der Waals surface area contributed by atoms with Crippen molar-refractivity contribution in [1.82, 2.24) is 4.98 Å². The Bertz CT molecular complexity index is 938. The van der Waals surface area contributed by atoms with Gasteiger partial charge in [-0.25, -0.2) is 18.8 Å². The molecule has 9 heteroatoms. The molecule has 2 atom stereocenters. The Morgan fingerprint density at radius 1 is 1.32 bits per heavy atom. The molecule has 3 heterocycles. The van der Waals surface area contributed by atoms with Crippen LogP contribution >= 0.6 is 11.8 Å². The Labute approximate surface area is 164 Å². The van der Waals surface area contributed by atoms with E-state index in [2.05, 4.69) is 15.3 Å². The summed E-state index contributed by atoms with van der Waals surface area (Å²) in [7, 11) is 0. The van der Waals surface area contributed by atoms with Crippen molar-refractivity contribution in [1.29, 1.82) is 0 Å². The topological polar surface area (TPSA) is 89.6 Å². The summed E-state index contributed by atoms with van der Waals surface area (Å²) in [5.74, 6) is -0.675. The van der Waals surface area contributed by atoms with E-state index in [0.717, 1.165) is 24.4 Å². The molecule has 0 unspecified atom stereocenters. The number of anilines is 1. The lowest BCUT2D eigenvalue weighted by molar-refractivity contribution is 0.00304. The number of ether oxygens (including phenoxy) is 1. The SMILES string of the molecule is NC1=N[C@@]2(c3cc(NC(=O)c4ccc(F)cn4)ccc3F)COCC[C@H]2CS1. The number of pyridine rings is 1. The highest BCUT2D eigenvalue weighted by atomic mass is 32.2. The summed E-state index contributed by atoms with van der Waals surface area (Å²) in [6.45, 7) is 0.823. The molecular weight excluding hydrogens is 386 g/mol. The molecule has 1 fully saturated rings. The number of aromatic nitrogens is 1. The zero-order valence-corrected chi connectivity index (χ0v) is 15.6. The van der Waals surface area contributed by atoms with Crippen LogP contribution in [0.4, 0.5) is 14.5 Å². The molecule has 4 rings (SSSR count).